The van der Waals surface area contributed by atoms with Crippen molar-refractivity contribution in [1.29, 1.82) is 0 Å². The quantitative estimate of drug-likeness (QED) is 0.499. The lowest BCUT2D eigenvalue weighted by atomic mass is 9.96. The number of rotatable bonds is 11. The molecule has 0 bridgehead atoms. The van der Waals surface area contributed by atoms with Gasteiger partial charge in [-0.3, -0.25) is 9.59 Å². The summed E-state index contributed by atoms with van der Waals surface area (Å²) in [5.74, 6) is -0.239. The molecule has 0 heterocycles. The van der Waals surface area contributed by atoms with E-state index in [1.807, 2.05) is 13.8 Å². The molecule has 0 aliphatic heterocycles. The van der Waals surface area contributed by atoms with Crippen LogP contribution in [0.15, 0.2) is 0 Å². The summed E-state index contributed by atoms with van der Waals surface area (Å²) >= 11 is 0. The fourth-order valence-electron chi connectivity index (χ4n) is 2.03. The maximum Gasteiger partial charge on any atom is 0.237 e. The molecule has 0 aromatic carbocycles. The van der Waals surface area contributed by atoms with Gasteiger partial charge in [0.05, 0.1) is 12.1 Å². The third-order valence-electron chi connectivity index (χ3n) is 3.38. The lowest BCUT2D eigenvalue weighted by Gasteiger charge is -2.21. The normalized spacial score (nSPS) is 14.1. The van der Waals surface area contributed by atoms with Gasteiger partial charge in [0.2, 0.25) is 5.91 Å². The van der Waals surface area contributed by atoms with E-state index < -0.39 is 12.1 Å². The minimum Gasteiger partial charge on any atom is -0.345 e. The SMILES string of the molecule is CCCCCC(NC(=O)C(N)CCCN)C(=O)C(C)C. The van der Waals surface area contributed by atoms with Crippen LogP contribution in [0.4, 0.5) is 0 Å². The first-order chi connectivity index (χ1) is 9.43. The van der Waals surface area contributed by atoms with Crippen LogP contribution in [0.5, 0.6) is 0 Å². The summed E-state index contributed by atoms with van der Waals surface area (Å²) in [7, 11) is 0. The Labute approximate surface area is 122 Å². The number of carbonyl (C=O) groups excluding carboxylic acids is 2. The highest BCUT2D eigenvalue weighted by Gasteiger charge is 2.24. The highest BCUT2D eigenvalue weighted by atomic mass is 16.2. The first-order valence-electron chi connectivity index (χ1n) is 7.73. The molecule has 118 valence electrons. The summed E-state index contributed by atoms with van der Waals surface area (Å²) in [5, 5.41) is 2.81. The van der Waals surface area contributed by atoms with Gasteiger partial charge in [-0.25, -0.2) is 0 Å². The molecule has 0 spiro atoms. The van der Waals surface area contributed by atoms with Crippen LogP contribution in [0.3, 0.4) is 0 Å². The molecule has 0 rings (SSSR count). The van der Waals surface area contributed by atoms with Gasteiger partial charge in [-0.15, -0.1) is 0 Å². The number of unbranched alkanes of at least 4 members (excludes halogenated alkanes) is 2. The molecule has 0 radical (unpaired) electrons. The molecule has 0 aliphatic carbocycles. The first kappa shape index (κ1) is 19.1. The van der Waals surface area contributed by atoms with Crippen LogP contribution in [0, 0.1) is 5.92 Å². The first-order valence-corrected chi connectivity index (χ1v) is 7.73. The van der Waals surface area contributed by atoms with Crippen LogP contribution in [0.2, 0.25) is 0 Å². The molecule has 0 aliphatic rings. The van der Waals surface area contributed by atoms with Gasteiger partial charge in [-0.1, -0.05) is 40.0 Å². The van der Waals surface area contributed by atoms with Gasteiger partial charge < -0.3 is 16.8 Å². The summed E-state index contributed by atoms with van der Waals surface area (Å²) < 4.78 is 0. The summed E-state index contributed by atoms with van der Waals surface area (Å²) in [4.78, 5) is 24.1. The number of Topliss-reactive ketones (excluding diaryl/α,β-unsaturated/α-hetero) is 1. The molecule has 0 saturated heterocycles. The van der Waals surface area contributed by atoms with Crippen LogP contribution in [-0.2, 0) is 9.59 Å². The lowest BCUT2D eigenvalue weighted by molar-refractivity contribution is -0.130. The monoisotopic (exact) mass is 285 g/mol. The van der Waals surface area contributed by atoms with Gasteiger partial charge in [-0.05, 0) is 25.8 Å². The molecule has 2 atom stereocenters. The minimum absolute atomic E-state index is 0.0813. The molecule has 0 saturated carbocycles. The smallest absolute Gasteiger partial charge is 0.237 e. The Morgan fingerprint density at radius 2 is 1.75 bits per heavy atom. The highest BCUT2D eigenvalue weighted by molar-refractivity contribution is 5.91. The van der Waals surface area contributed by atoms with Crippen molar-refractivity contribution in [3.05, 3.63) is 0 Å². The Balaban J connectivity index is 4.46. The van der Waals surface area contributed by atoms with Gasteiger partial charge in [0.25, 0.3) is 0 Å². The molecule has 0 aromatic rings. The number of carbonyl (C=O) groups is 2. The minimum atomic E-state index is -0.577. The standard InChI is InChI=1S/C15H31N3O2/c1-4-5-6-9-13(14(19)11(2)3)18-15(20)12(17)8-7-10-16/h11-13H,4-10,16-17H2,1-3H3,(H,18,20). The topological polar surface area (TPSA) is 98.2 Å². The van der Waals surface area contributed by atoms with E-state index in [0.717, 1.165) is 19.3 Å². The van der Waals surface area contributed by atoms with Crippen LogP contribution >= 0.6 is 0 Å². The summed E-state index contributed by atoms with van der Waals surface area (Å²) in [6, 6.07) is -0.981. The van der Waals surface area contributed by atoms with Crippen LogP contribution in [0.25, 0.3) is 0 Å². The average molecular weight is 285 g/mol. The van der Waals surface area contributed by atoms with Crippen molar-refractivity contribution >= 4 is 11.7 Å². The summed E-state index contributed by atoms with van der Waals surface area (Å²) in [6.07, 6.45) is 5.06. The molecule has 5 nitrogen and oxygen atoms in total. The Hall–Kier alpha value is -0.940. The van der Waals surface area contributed by atoms with Crippen LogP contribution in [-0.4, -0.2) is 30.3 Å². The van der Waals surface area contributed by atoms with Gasteiger partial charge in [0.1, 0.15) is 0 Å². The molecular weight excluding hydrogens is 254 g/mol. The number of nitrogens with two attached hydrogens (primary N) is 2. The van der Waals surface area contributed by atoms with E-state index in [-0.39, 0.29) is 17.6 Å². The predicted molar refractivity (Wildman–Crippen MR) is 82.2 cm³/mol. The van der Waals surface area contributed by atoms with Crippen molar-refractivity contribution in [2.45, 2.75) is 71.4 Å². The van der Waals surface area contributed by atoms with E-state index in [9.17, 15) is 9.59 Å². The molecule has 2 unspecified atom stereocenters. The number of amides is 1. The van der Waals surface area contributed by atoms with E-state index in [4.69, 9.17) is 11.5 Å². The van der Waals surface area contributed by atoms with Gasteiger partial charge >= 0.3 is 0 Å². The van der Waals surface area contributed by atoms with Crippen molar-refractivity contribution in [1.82, 2.24) is 5.32 Å². The maximum atomic E-state index is 12.1. The average Bonchev–Trinajstić information content (AvgIpc) is 2.42. The Bertz CT molecular complexity index is 293. The van der Waals surface area contributed by atoms with Crippen molar-refractivity contribution < 1.29 is 9.59 Å². The van der Waals surface area contributed by atoms with Crippen molar-refractivity contribution in [2.75, 3.05) is 6.54 Å². The molecule has 5 heteroatoms. The number of hydrogen-bond donors (Lipinski definition) is 3. The Morgan fingerprint density at radius 3 is 2.25 bits per heavy atom. The molecule has 0 fully saturated rings. The lowest BCUT2D eigenvalue weighted by Crippen LogP contribution is -2.49. The highest BCUT2D eigenvalue weighted by Crippen LogP contribution is 2.09. The molecule has 5 N–H and O–H groups in total. The third-order valence-corrected chi connectivity index (χ3v) is 3.38. The second kappa shape index (κ2) is 10.8. The molecule has 20 heavy (non-hydrogen) atoms. The molecular formula is C15H31N3O2. The van der Waals surface area contributed by atoms with E-state index >= 15 is 0 Å². The zero-order valence-corrected chi connectivity index (χ0v) is 13.2. The zero-order valence-electron chi connectivity index (χ0n) is 13.2. The van der Waals surface area contributed by atoms with E-state index in [0.29, 0.717) is 25.8 Å². The molecule has 1 amide bonds. The second-order valence-electron chi connectivity index (χ2n) is 5.65. The van der Waals surface area contributed by atoms with Crippen molar-refractivity contribution in [3.8, 4) is 0 Å². The van der Waals surface area contributed by atoms with E-state index in [1.54, 1.807) is 0 Å². The summed E-state index contributed by atoms with van der Waals surface area (Å²) in [6.45, 7) is 6.34. The predicted octanol–water partition coefficient (Wildman–Crippen LogP) is 1.34. The van der Waals surface area contributed by atoms with Crippen LogP contribution in [0.1, 0.15) is 59.3 Å². The number of hydrogen-bond acceptors (Lipinski definition) is 4. The van der Waals surface area contributed by atoms with Gasteiger partial charge in [0, 0.05) is 5.92 Å². The van der Waals surface area contributed by atoms with E-state index in [1.165, 1.54) is 0 Å². The van der Waals surface area contributed by atoms with Crippen LogP contribution < -0.4 is 16.8 Å². The summed E-state index contributed by atoms with van der Waals surface area (Å²) in [5.41, 5.74) is 11.2. The number of ketones is 1. The van der Waals surface area contributed by atoms with Crippen molar-refractivity contribution in [3.63, 3.8) is 0 Å². The van der Waals surface area contributed by atoms with Crippen molar-refractivity contribution in [2.24, 2.45) is 17.4 Å². The van der Waals surface area contributed by atoms with Gasteiger partial charge in [0.15, 0.2) is 5.78 Å². The zero-order chi connectivity index (χ0) is 15.5. The number of nitrogens with one attached hydrogen (secondary N) is 1. The van der Waals surface area contributed by atoms with E-state index in [2.05, 4.69) is 12.2 Å². The largest absolute Gasteiger partial charge is 0.345 e. The third kappa shape index (κ3) is 7.60. The maximum absolute atomic E-state index is 12.1. The fraction of sp³-hybridized carbons (Fsp3) is 0.867. The fourth-order valence-corrected chi connectivity index (χ4v) is 2.03. The van der Waals surface area contributed by atoms with Gasteiger partial charge in [-0.2, -0.15) is 0 Å². The second-order valence-corrected chi connectivity index (χ2v) is 5.65. The Morgan fingerprint density at radius 1 is 1.10 bits per heavy atom. The molecule has 0 aromatic heterocycles. The Kier molecular flexibility index (Phi) is 10.3.